The number of hydrogen-bond donors (Lipinski definition) is 1. The van der Waals surface area contributed by atoms with Crippen LogP contribution in [0.5, 0.6) is 5.75 Å². The number of piperidine rings is 1. The summed E-state index contributed by atoms with van der Waals surface area (Å²) in [5, 5.41) is 9.33. The summed E-state index contributed by atoms with van der Waals surface area (Å²) < 4.78 is 6.05. The molecule has 1 fully saturated rings. The molecule has 1 heterocycles. The van der Waals surface area contributed by atoms with E-state index in [0.29, 0.717) is 12.5 Å². The van der Waals surface area contributed by atoms with Crippen molar-refractivity contribution in [2.45, 2.75) is 25.7 Å². The fourth-order valence-corrected chi connectivity index (χ4v) is 3.62. The minimum Gasteiger partial charge on any atom is -0.493 e. The van der Waals surface area contributed by atoms with Gasteiger partial charge in [-0.15, -0.1) is 12.4 Å². The Morgan fingerprint density at radius 1 is 1.00 bits per heavy atom. The molecule has 0 radical (unpaired) electrons. The second-order valence-corrected chi connectivity index (χ2v) is 7.33. The van der Waals surface area contributed by atoms with Crippen molar-refractivity contribution in [1.82, 2.24) is 4.90 Å². The van der Waals surface area contributed by atoms with Gasteiger partial charge in [0.15, 0.2) is 0 Å². The van der Waals surface area contributed by atoms with Gasteiger partial charge in [-0.25, -0.2) is 0 Å². The molecule has 0 amide bonds. The molecule has 0 bridgehead atoms. The highest BCUT2D eigenvalue weighted by molar-refractivity contribution is 5.85. The maximum atomic E-state index is 9.33. The van der Waals surface area contributed by atoms with Crippen molar-refractivity contribution in [2.24, 2.45) is 5.92 Å². The van der Waals surface area contributed by atoms with Crippen LogP contribution in [0.15, 0.2) is 54.6 Å². The van der Waals surface area contributed by atoms with Crippen LogP contribution in [0.4, 0.5) is 0 Å². The average molecular weight is 402 g/mol. The van der Waals surface area contributed by atoms with Gasteiger partial charge in [-0.2, -0.15) is 0 Å². The summed E-state index contributed by atoms with van der Waals surface area (Å²) in [4.78, 5) is 2.49. The summed E-state index contributed by atoms with van der Waals surface area (Å²) in [6.07, 6.45) is 8.81. The number of unbranched alkanes of at least 4 members (excludes halogenated alkanes) is 1. The molecule has 0 aromatic heterocycles. The third-order valence-corrected chi connectivity index (χ3v) is 5.16. The van der Waals surface area contributed by atoms with Gasteiger partial charge in [-0.3, -0.25) is 0 Å². The average Bonchev–Trinajstić information content (AvgIpc) is 2.73. The monoisotopic (exact) mass is 401 g/mol. The summed E-state index contributed by atoms with van der Waals surface area (Å²) in [5.41, 5.74) is 2.30. The van der Waals surface area contributed by atoms with Crippen LogP contribution in [-0.4, -0.2) is 42.9 Å². The van der Waals surface area contributed by atoms with Crippen LogP contribution in [0.1, 0.15) is 36.8 Å². The highest BCUT2D eigenvalue weighted by atomic mass is 35.5. The lowest BCUT2D eigenvalue weighted by molar-refractivity contribution is 0.118. The fourth-order valence-electron chi connectivity index (χ4n) is 3.62. The highest BCUT2D eigenvalue weighted by Gasteiger charge is 2.18. The van der Waals surface area contributed by atoms with E-state index in [1.54, 1.807) is 0 Å². The molecule has 152 valence electrons. The summed E-state index contributed by atoms with van der Waals surface area (Å²) in [6.45, 7) is 4.39. The number of likely N-dealkylation sites (tertiary alicyclic amines) is 1. The van der Waals surface area contributed by atoms with Gasteiger partial charge in [0.2, 0.25) is 0 Å². The van der Waals surface area contributed by atoms with E-state index < -0.39 is 0 Å². The first-order valence-corrected chi connectivity index (χ1v) is 10.1. The van der Waals surface area contributed by atoms with Crippen LogP contribution in [0.2, 0.25) is 0 Å². The van der Waals surface area contributed by atoms with Gasteiger partial charge in [0.25, 0.3) is 0 Å². The molecule has 0 aliphatic carbocycles. The van der Waals surface area contributed by atoms with Gasteiger partial charge in [0, 0.05) is 18.7 Å². The number of nitrogens with zero attached hydrogens (tertiary/aromatic N) is 1. The zero-order chi connectivity index (χ0) is 18.7. The van der Waals surface area contributed by atoms with Crippen molar-refractivity contribution < 1.29 is 9.84 Å². The molecule has 3 nitrogen and oxygen atoms in total. The Hall–Kier alpha value is -1.81. The van der Waals surface area contributed by atoms with Crippen LogP contribution in [0, 0.1) is 5.92 Å². The lowest BCUT2D eigenvalue weighted by Crippen LogP contribution is -2.37. The van der Waals surface area contributed by atoms with Gasteiger partial charge >= 0.3 is 0 Å². The smallest absolute Gasteiger partial charge is 0.126 e. The minimum atomic E-state index is 0. The number of hydrogen-bond acceptors (Lipinski definition) is 3. The van der Waals surface area contributed by atoms with Gasteiger partial charge in [0.05, 0.1) is 6.61 Å². The van der Waals surface area contributed by atoms with Gasteiger partial charge in [-0.05, 0) is 56.3 Å². The third-order valence-electron chi connectivity index (χ3n) is 5.16. The van der Waals surface area contributed by atoms with Crippen molar-refractivity contribution in [3.63, 3.8) is 0 Å². The van der Waals surface area contributed by atoms with E-state index >= 15 is 0 Å². The van der Waals surface area contributed by atoms with Crippen molar-refractivity contribution in [2.75, 3.05) is 32.8 Å². The molecule has 1 aliphatic rings. The summed E-state index contributed by atoms with van der Waals surface area (Å²) in [7, 11) is 0. The highest BCUT2D eigenvalue weighted by Crippen LogP contribution is 2.21. The van der Waals surface area contributed by atoms with Crippen molar-refractivity contribution in [3.8, 4) is 5.75 Å². The Kier molecular flexibility index (Phi) is 10.1. The lowest BCUT2D eigenvalue weighted by Gasteiger charge is -2.31. The van der Waals surface area contributed by atoms with E-state index in [2.05, 4.69) is 35.3 Å². The fraction of sp³-hybridized carbons (Fsp3) is 0.417. The van der Waals surface area contributed by atoms with E-state index in [1.807, 2.05) is 36.4 Å². The van der Waals surface area contributed by atoms with Gasteiger partial charge in [-0.1, -0.05) is 60.7 Å². The molecule has 1 atom stereocenters. The normalized spacial score (nSPS) is 17.4. The Morgan fingerprint density at radius 3 is 2.61 bits per heavy atom. The van der Waals surface area contributed by atoms with Crippen LogP contribution in [0.3, 0.4) is 0 Å². The molecule has 1 unspecified atom stereocenters. The molecule has 1 N–H and O–H groups in total. The molecular formula is C24H32ClNO2. The minimum absolute atomic E-state index is 0. The maximum Gasteiger partial charge on any atom is 0.126 e. The zero-order valence-electron chi connectivity index (χ0n) is 16.5. The molecule has 3 rings (SSSR count). The quantitative estimate of drug-likeness (QED) is 0.466. The largest absolute Gasteiger partial charge is 0.493 e. The van der Waals surface area contributed by atoms with Crippen LogP contribution < -0.4 is 4.74 Å². The topological polar surface area (TPSA) is 32.7 Å². The first-order chi connectivity index (χ1) is 13.3. The molecule has 1 aliphatic heterocycles. The van der Waals surface area contributed by atoms with E-state index in [4.69, 9.17) is 4.74 Å². The van der Waals surface area contributed by atoms with E-state index in [0.717, 1.165) is 43.9 Å². The van der Waals surface area contributed by atoms with E-state index in [9.17, 15) is 5.11 Å². The summed E-state index contributed by atoms with van der Waals surface area (Å²) >= 11 is 0. The maximum absolute atomic E-state index is 9.33. The number of aliphatic hydroxyl groups is 1. The molecule has 28 heavy (non-hydrogen) atoms. The molecule has 2 aromatic carbocycles. The first-order valence-electron chi connectivity index (χ1n) is 10.1. The molecule has 0 saturated carbocycles. The number of rotatable bonds is 9. The number of halogens is 1. The van der Waals surface area contributed by atoms with Crippen LogP contribution in [0.25, 0.3) is 12.2 Å². The molecule has 2 aromatic rings. The predicted octanol–water partition coefficient (Wildman–Crippen LogP) is 5.14. The molecule has 0 spiro atoms. The first kappa shape index (κ1) is 22.5. The van der Waals surface area contributed by atoms with Crippen LogP contribution in [-0.2, 0) is 0 Å². The molecule has 1 saturated heterocycles. The summed E-state index contributed by atoms with van der Waals surface area (Å²) in [6, 6.07) is 18.5. The number of benzene rings is 2. The van der Waals surface area contributed by atoms with Gasteiger partial charge < -0.3 is 14.7 Å². The Morgan fingerprint density at radius 2 is 1.79 bits per heavy atom. The lowest BCUT2D eigenvalue weighted by atomic mass is 9.99. The zero-order valence-corrected chi connectivity index (χ0v) is 17.3. The number of aliphatic hydroxyl groups excluding tert-OH is 1. The standard InChI is InChI=1S/C24H31NO2.ClH/c26-20-22-11-8-17-25(19-22)16-6-7-18-27-24-13-5-4-12-23(24)15-14-21-9-2-1-3-10-21;/h1-5,9-10,12-15,22,26H,6-8,11,16-20H2;1H/b15-14+;. The Labute approximate surface area is 175 Å². The van der Waals surface area contributed by atoms with E-state index in [1.165, 1.54) is 24.9 Å². The number of ether oxygens (including phenoxy) is 1. The molecular weight excluding hydrogens is 370 g/mol. The third kappa shape index (κ3) is 7.31. The predicted molar refractivity (Wildman–Crippen MR) is 120 cm³/mol. The Balaban J connectivity index is 0.00000280. The van der Waals surface area contributed by atoms with E-state index in [-0.39, 0.29) is 12.4 Å². The van der Waals surface area contributed by atoms with Crippen molar-refractivity contribution in [3.05, 3.63) is 65.7 Å². The summed E-state index contributed by atoms with van der Waals surface area (Å²) in [5.74, 6) is 1.42. The number of para-hydroxylation sites is 1. The SMILES string of the molecule is Cl.OCC1CCCN(CCCCOc2ccccc2/C=C/c2ccccc2)C1. The molecule has 4 heteroatoms. The second kappa shape index (κ2) is 12.6. The van der Waals surface area contributed by atoms with Crippen LogP contribution >= 0.6 is 12.4 Å². The Bertz CT molecular complexity index is 705. The second-order valence-electron chi connectivity index (χ2n) is 7.33. The van der Waals surface area contributed by atoms with Crippen molar-refractivity contribution in [1.29, 1.82) is 0 Å². The van der Waals surface area contributed by atoms with Crippen molar-refractivity contribution >= 4 is 24.6 Å². The van der Waals surface area contributed by atoms with Gasteiger partial charge in [0.1, 0.15) is 5.75 Å².